The van der Waals surface area contributed by atoms with Crippen molar-refractivity contribution in [2.24, 2.45) is 0 Å². The van der Waals surface area contributed by atoms with Gasteiger partial charge in [-0.25, -0.2) is 22.2 Å². The third-order valence-corrected chi connectivity index (χ3v) is 4.66. The number of amides is 1. The highest BCUT2D eigenvalue weighted by molar-refractivity contribution is 7.92. The molecule has 1 aromatic carbocycles. The lowest BCUT2D eigenvalue weighted by atomic mass is 10.2. The van der Waals surface area contributed by atoms with E-state index in [4.69, 9.17) is 4.74 Å². The molecule has 8 nitrogen and oxygen atoms in total. The molecule has 0 spiro atoms. The van der Waals surface area contributed by atoms with E-state index in [0.717, 1.165) is 36.6 Å². The molecule has 3 N–H and O–H groups in total. The standard InChI is InChI=1S/C20H21F5N4O4S/c1-33-8-7-26-19-13(3-5-16(28-19)20(23,24)25)4-6-17(30)27-11-12-9-14(21)18(15(22)10-12)29-34(2,31)32/h3-6,9-10,29H,7-8,11H2,1-2H3,(H,26,28)(H,27,30). The van der Waals surface area contributed by atoms with Crippen molar-refractivity contribution >= 4 is 33.5 Å². The van der Waals surface area contributed by atoms with Gasteiger partial charge < -0.3 is 15.4 Å². The molecule has 1 amide bonds. The van der Waals surface area contributed by atoms with Gasteiger partial charge in [-0.05, 0) is 35.9 Å². The predicted octanol–water partition coefficient (Wildman–Crippen LogP) is 3.14. The molecule has 186 valence electrons. The Kier molecular flexibility index (Phi) is 8.93. The van der Waals surface area contributed by atoms with E-state index in [0.29, 0.717) is 0 Å². The molecule has 0 aliphatic carbocycles. The Bertz CT molecular complexity index is 1150. The Morgan fingerprint density at radius 1 is 1.18 bits per heavy atom. The number of carbonyl (C=O) groups excluding carboxylic acids is 1. The summed E-state index contributed by atoms with van der Waals surface area (Å²) in [5.41, 5.74) is -1.77. The van der Waals surface area contributed by atoms with E-state index in [-0.39, 0.29) is 36.6 Å². The van der Waals surface area contributed by atoms with E-state index < -0.39 is 45.1 Å². The lowest BCUT2D eigenvalue weighted by Gasteiger charge is -2.12. The van der Waals surface area contributed by atoms with Crippen LogP contribution in [-0.2, 0) is 32.3 Å². The number of aromatic nitrogens is 1. The van der Waals surface area contributed by atoms with E-state index in [2.05, 4.69) is 15.6 Å². The number of anilines is 2. The van der Waals surface area contributed by atoms with E-state index in [1.54, 1.807) is 4.72 Å². The zero-order valence-electron chi connectivity index (χ0n) is 18.0. The molecule has 0 bridgehead atoms. The van der Waals surface area contributed by atoms with Gasteiger partial charge in [0.15, 0.2) is 11.6 Å². The maximum Gasteiger partial charge on any atom is 0.433 e. The summed E-state index contributed by atoms with van der Waals surface area (Å²) >= 11 is 0. The molecule has 0 aliphatic heterocycles. The number of hydrogen-bond donors (Lipinski definition) is 3. The summed E-state index contributed by atoms with van der Waals surface area (Å²) in [7, 11) is -2.49. The van der Waals surface area contributed by atoms with Crippen LogP contribution in [0.5, 0.6) is 0 Å². The highest BCUT2D eigenvalue weighted by atomic mass is 32.2. The lowest BCUT2D eigenvalue weighted by Crippen LogP contribution is -2.21. The number of nitrogens with zero attached hydrogens (tertiary/aromatic N) is 1. The van der Waals surface area contributed by atoms with Gasteiger partial charge in [-0.15, -0.1) is 0 Å². The van der Waals surface area contributed by atoms with Crippen LogP contribution in [0, 0.1) is 11.6 Å². The minimum Gasteiger partial charge on any atom is -0.383 e. The fourth-order valence-electron chi connectivity index (χ4n) is 2.60. The molecule has 0 atom stereocenters. The highest BCUT2D eigenvalue weighted by Crippen LogP contribution is 2.30. The van der Waals surface area contributed by atoms with Gasteiger partial charge in [-0.3, -0.25) is 9.52 Å². The maximum atomic E-state index is 14.0. The van der Waals surface area contributed by atoms with Gasteiger partial charge >= 0.3 is 6.18 Å². The summed E-state index contributed by atoms with van der Waals surface area (Å²) in [6, 6.07) is 3.58. The zero-order chi connectivity index (χ0) is 25.5. The fourth-order valence-corrected chi connectivity index (χ4v) is 3.17. The molecule has 0 unspecified atom stereocenters. The molecule has 14 heteroatoms. The number of sulfonamides is 1. The first-order valence-corrected chi connectivity index (χ1v) is 11.4. The minimum absolute atomic E-state index is 0.00826. The molecular weight excluding hydrogens is 487 g/mol. The molecule has 1 aromatic heterocycles. The minimum atomic E-state index is -4.66. The van der Waals surface area contributed by atoms with E-state index in [1.165, 1.54) is 13.2 Å². The smallest absolute Gasteiger partial charge is 0.383 e. The normalized spacial score (nSPS) is 12.1. The summed E-state index contributed by atoms with van der Waals surface area (Å²) in [5.74, 6) is -3.17. The molecular formula is C20H21F5N4O4S. The summed E-state index contributed by atoms with van der Waals surface area (Å²) in [6.07, 6.45) is -1.69. The van der Waals surface area contributed by atoms with Gasteiger partial charge in [0.2, 0.25) is 15.9 Å². The molecule has 0 radical (unpaired) electrons. The largest absolute Gasteiger partial charge is 0.433 e. The zero-order valence-corrected chi connectivity index (χ0v) is 18.8. The molecule has 2 rings (SSSR count). The van der Waals surface area contributed by atoms with Crippen LogP contribution >= 0.6 is 0 Å². The monoisotopic (exact) mass is 508 g/mol. The Morgan fingerprint density at radius 3 is 2.38 bits per heavy atom. The number of nitrogens with one attached hydrogen (secondary N) is 3. The summed E-state index contributed by atoms with van der Waals surface area (Å²) in [6.45, 7) is 0.0622. The third kappa shape index (κ3) is 8.26. The van der Waals surface area contributed by atoms with Gasteiger partial charge in [0.05, 0.1) is 12.9 Å². The molecule has 2 aromatic rings. The van der Waals surface area contributed by atoms with Crippen molar-refractivity contribution in [3.05, 3.63) is 58.8 Å². The van der Waals surface area contributed by atoms with Crippen LogP contribution in [-0.4, -0.2) is 45.8 Å². The quantitative estimate of drug-likeness (QED) is 0.259. The van der Waals surface area contributed by atoms with Gasteiger partial charge in [0.1, 0.15) is 17.2 Å². The third-order valence-electron chi connectivity index (χ3n) is 4.09. The summed E-state index contributed by atoms with van der Waals surface area (Å²) in [4.78, 5) is 15.6. The average molecular weight is 508 g/mol. The first kappa shape index (κ1) is 27.0. The van der Waals surface area contributed by atoms with Gasteiger partial charge in [0, 0.05) is 31.8 Å². The SMILES string of the molecule is COCCNc1nc(C(F)(F)F)ccc1C=CC(=O)NCc1cc(F)c(NS(C)(=O)=O)c(F)c1. The average Bonchev–Trinajstić information content (AvgIpc) is 2.72. The van der Waals surface area contributed by atoms with Crippen molar-refractivity contribution in [2.75, 3.05) is 36.6 Å². The van der Waals surface area contributed by atoms with Crippen molar-refractivity contribution in [2.45, 2.75) is 12.7 Å². The Balaban J connectivity index is 2.11. The second-order valence-electron chi connectivity index (χ2n) is 6.91. The number of hydrogen-bond acceptors (Lipinski definition) is 6. The van der Waals surface area contributed by atoms with E-state index in [9.17, 15) is 35.2 Å². The molecule has 0 fully saturated rings. The summed E-state index contributed by atoms with van der Waals surface area (Å²) in [5, 5.41) is 5.05. The van der Waals surface area contributed by atoms with Gasteiger partial charge in [0.25, 0.3) is 0 Å². The Hall–Kier alpha value is -3.26. The molecule has 34 heavy (non-hydrogen) atoms. The van der Waals surface area contributed by atoms with Crippen molar-refractivity contribution in [3.8, 4) is 0 Å². The number of alkyl halides is 3. The number of halogens is 5. The number of benzene rings is 1. The van der Waals surface area contributed by atoms with Gasteiger partial charge in [-0.2, -0.15) is 13.2 Å². The second-order valence-corrected chi connectivity index (χ2v) is 8.66. The van der Waals surface area contributed by atoms with Crippen LogP contribution < -0.4 is 15.4 Å². The van der Waals surface area contributed by atoms with Crippen molar-refractivity contribution in [1.29, 1.82) is 0 Å². The number of rotatable bonds is 10. The molecule has 0 saturated heterocycles. The lowest BCUT2D eigenvalue weighted by molar-refractivity contribution is -0.141. The fraction of sp³-hybridized carbons (Fsp3) is 0.300. The number of pyridine rings is 1. The highest BCUT2D eigenvalue weighted by Gasteiger charge is 2.33. The van der Waals surface area contributed by atoms with Crippen LogP contribution in [0.15, 0.2) is 30.3 Å². The molecule has 0 aliphatic rings. The molecule has 1 heterocycles. The van der Waals surface area contributed by atoms with Crippen LogP contribution in [0.4, 0.5) is 33.5 Å². The topological polar surface area (TPSA) is 109 Å². The van der Waals surface area contributed by atoms with Crippen LogP contribution in [0.3, 0.4) is 0 Å². The number of methoxy groups -OCH3 is 1. The second kappa shape index (κ2) is 11.2. The first-order chi connectivity index (χ1) is 15.8. The van der Waals surface area contributed by atoms with Crippen molar-refractivity contribution in [1.82, 2.24) is 10.3 Å². The summed E-state index contributed by atoms with van der Waals surface area (Å²) < 4.78 is 95.8. The Morgan fingerprint density at radius 2 is 1.82 bits per heavy atom. The predicted molar refractivity (Wildman–Crippen MR) is 115 cm³/mol. The van der Waals surface area contributed by atoms with E-state index >= 15 is 0 Å². The Labute approximate surface area is 192 Å². The number of carbonyl (C=O) groups is 1. The first-order valence-electron chi connectivity index (χ1n) is 9.53. The van der Waals surface area contributed by atoms with Crippen molar-refractivity contribution < 1.29 is 39.9 Å². The van der Waals surface area contributed by atoms with Crippen LogP contribution in [0.1, 0.15) is 16.8 Å². The van der Waals surface area contributed by atoms with Crippen LogP contribution in [0.2, 0.25) is 0 Å². The van der Waals surface area contributed by atoms with Crippen molar-refractivity contribution in [3.63, 3.8) is 0 Å². The van der Waals surface area contributed by atoms with Gasteiger partial charge in [-0.1, -0.05) is 0 Å². The maximum absolute atomic E-state index is 14.0. The number of ether oxygens (including phenoxy) is 1. The van der Waals surface area contributed by atoms with E-state index in [1.807, 2.05) is 0 Å². The van der Waals surface area contributed by atoms with Crippen LogP contribution in [0.25, 0.3) is 6.08 Å². The molecule has 0 saturated carbocycles.